The number of hydrogen-bond donors (Lipinski definition) is 0. The second-order valence-corrected chi connectivity index (χ2v) is 4.45. The molecule has 8 heavy (non-hydrogen) atoms. The molecule has 0 unspecified atom stereocenters. The van der Waals surface area contributed by atoms with Crippen LogP contribution in [0.25, 0.3) is 0 Å². The molecule has 0 fully saturated rings. The maximum Gasteiger partial charge on any atom is 0.0476 e. The van der Waals surface area contributed by atoms with Crippen molar-refractivity contribution in [2.75, 3.05) is 5.33 Å². The van der Waals surface area contributed by atoms with Crippen molar-refractivity contribution < 1.29 is 0 Å². The van der Waals surface area contributed by atoms with Gasteiger partial charge in [0, 0.05) is 9.14 Å². The van der Waals surface area contributed by atoms with Crippen LogP contribution in [0.15, 0.2) is 21.9 Å². The van der Waals surface area contributed by atoms with Crippen molar-refractivity contribution in [3.63, 3.8) is 0 Å². The fraction of sp³-hybridized carbons (Fsp3) is 0.200. The van der Waals surface area contributed by atoms with E-state index < -0.39 is 0 Å². The lowest BCUT2D eigenvalue weighted by Gasteiger charge is -1.94. The number of rotatable bonds is 3. The Hall–Kier alpha value is 0.790. The van der Waals surface area contributed by atoms with Crippen molar-refractivity contribution in [2.45, 2.75) is 0 Å². The summed E-state index contributed by atoms with van der Waals surface area (Å²) in [6.07, 6.45) is 0. The summed E-state index contributed by atoms with van der Waals surface area (Å²) in [4.78, 5) is 1.06. The quantitative estimate of drug-likeness (QED) is 0.698. The highest BCUT2D eigenvalue weighted by Crippen LogP contribution is 2.27. The molecule has 0 rings (SSSR count). The second kappa shape index (κ2) is 4.65. The van der Waals surface area contributed by atoms with Crippen LogP contribution in [0.3, 0.4) is 0 Å². The van der Waals surface area contributed by atoms with Crippen molar-refractivity contribution in [3.05, 3.63) is 21.9 Å². The van der Waals surface area contributed by atoms with E-state index in [9.17, 15) is 0 Å². The van der Waals surface area contributed by atoms with Gasteiger partial charge in [-0.15, -0.1) is 0 Å². The normalized spacial score (nSPS) is 8.75. The van der Waals surface area contributed by atoms with E-state index >= 15 is 0 Å². The number of alkyl halides is 1. The van der Waals surface area contributed by atoms with Gasteiger partial charge in [-0.1, -0.05) is 40.8 Å². The molecule has 0 aromatic heterocycles. The summed E-state index contributed by atoms with van der Waals surface area (Å²) in [6.45, 7) is 7.38. The first-order valence-electron chi connectivity index (χ1n) is 1.93. The van der Waals surface area contributed by atoms with E-state index in [-0.39, 0.29) is 0 Å². The molecule has 0 atom stereocenters. The van der Waals surface area contributed by atoms with Crippen LogP contribution < -0.4 is 0 Å². The van der Waals surface area contributed by atoms with Crippen LogP contribution in [0, 0.1) is 0 Å². The number of allylic oxidation sites excluding steroid dienone is 1. The molecule has 0 aromatic carbocycles. The maximum atomic E-state index is 3.74. The van der Waals surface area contributed by atoms with Gasteiger partial charge in [0.2, 0.25) is 0 Å². The average molecular weight is 258 g/mol. The molecule has 0 saturated heterocycles. The van der Waals surface area contributed by atoms with E-state index in [1.165, 1.54) is 11.8 Å². The van der Waals surface area contributed by atoms with Gasteiger partial charge in [-0.2, -0.15) is 0 Å². The van der Waals surface area contributed by atoms with Crippen LogP contribution in [-0.4, -0.2) is 5.33 Å². The van der Waals surface area contributed by atoms with Crippen molar-refractivity contribution in [2.24, 2.45) is 0 Å². The van der Waals surface area contributed by atoms with Gasteiger partial charge in [0.1, 0.15) is 0 Å². The van der Waals surface area contributed by atoms with Crippen LogP contribution >= 0.6 is 43.6 Å². The summed E-state index contributed by atoms with van der Waals surface area (Å²) in [5.41, 5.74) is 0. The van der Waals surface area contributed by atoms with Crippen molar-refractivity contribution in [1.29, 1.82) is 0 Å². The first-order valence-corrected chi connectivity index (χ1v) is 4.66. The Labute approximate surface area is 70.7 Å². The van der Waals surface area contributed by atoms with Crippen molar-refractivity contribution >= 4 is 43.6 Å². The summed E-state index contributed by atoms with van der Waals surface area (Å²) < 4.78 is 0.905. The van der Waals surface area contributed by atoms with Crippen LogP contribution in [-0.2, 0) is 0 Å². The lowest BCUT2D eigenvalue weighted by Crippen LogP contribution is -1.69. The monoisotopic (exact) mass is 256 g/mol. The Balaban J connectivity index is 3.40. The molecular weight excluding hydrogens is 252 g/mol. The molecule has 0 heterocycles. The van der Waals surface area contributed by atoms with Crippen molar-refractivity contribution in [1.82, 2.24) is 0 Å². The van der Waals surface area contributed by atoms with Crippen LogP contribution in [0.1, 0.15) is 0 Å². The molecule has 0 aliphatic carbocycles. The summed E-state index contributed by atoms with van der Waals surface area (Å²) in [5.74, 6) is 0. The van der Waals surface area contributed by atoms with E-state index in [4.69, 9.17) is 0 Å². The molecule has 0 saturated carbocycles. The zero-order chi connectivity index (χ0) is 6.57. The van der Waals surface area contributed by atoms with Crippen LogP contribution in [0.5, 0.6) is 0 Å². The van der Waals surface area contributed by atoms with E-state index in [1.54, 1.807) is 0 Å². The third-order valence-corrected chi connectivity index (χ3v) is 2.59. The SMILES string of the molecule is C=C(Br)SC(=C)CBr. The van der Waals surface area contributed by atoms with E-state index in [2.05, 4.69) is 45.0 Å². The Morgan fingerprint density at radius 2 is 2.00 bits per heavy atom. The van der Waals surface area contributed by atoms with E-state index in [0.717, 1.165) is 14.0 Å². The molecule has 0 spiro atoms. The molecule has 0 nitrogen and oxygen atoms in total. The van der Waals surface area contributed by atoms with Crippen molar-refractivity contribution in [3.8, 4) is 0 Å². The van der Waals surface area contributed by atoms with Gasteiger partial charge in [0.15, 0.2) is 0 Å². The highest BCUT2D eigenvalue weighted by atomic mass is 79.9. The minimum atomic E-state index is 0.822. The Bertz CT molecular complexity index is 109. The molecule has 0 radical (unpaired) electrons. The Morgan fingerprint density at radius 1 is 1.50 bits per heavy atom. The summed E-state index contributed by atoms with van der Waals surface area (Å²) in [7, 11) is 0. The molecule has 0 amide bonds. The number of thioether (sulfide) groups is 1. The largest absolute Gasteiger partial charge is 0.0882 e. The predicted molar refractivity (Wildman–Crippen MR) is 48.6 cm³/mol. The van der Waals surface area contributed by atoms with E-state index in [0.29, 0.717) is 0 Å². The second-order valence-electron chi connectivity index (χ2n) is 1.13. The molecule has 0 aliphatic rings. The number of hydrogen-bond acceptors (Lipinski definition) is 1. The smallest absolute Gasteiger partial charge is 0.0476 e. The van der Waals surface area contributed by atoms with Gasteiger partial charge in [-0.3, -0.25) is 0 Å². The lowest BCUT2D eigenvalue weighted by molar-refractivity contribution is 1.80. The highest BCUT2D eigenvalue weighted by molar-refractivity contribution is 9.14. The topological polar surface area (TPSA) is 0 Å². The first-order chi connectivity index (χ1) is 3.66. The molecule has 0 aromatic rings. The molecular formula is C5H6Br2S. The first kappa shape index (κ1) is 8.79. The Morgan fingerprint density at radius 3 is 2.12 bits per heavy atom. The lowest BCUT2D eigenvalue weighted by atomic mass is 10.8. The fourth-order valence-electron chi connectivity index (χ4n) is 0.184. The van der Waals surface area contributed by atoms with Gasteiger partial charge in [-0.05, 0) is 20.8 Å². The van der Waals surface area contributed by atoms with Gasteiger partial charge < -0.3 is 0 Å². The summed E-state index contributed by atoms with van der Waals surface area (Å²) in [5, 5.41) is 0.822. The van der Waals surface area contributed by atoms with Gasteiger partial charge in [0.05, 0.1) is 0 Å². The summed E-state index contributed by atoms with van der Waals surface area (Å²) in [6, 6.07) is 0. The fourth-order valence-corrected chi connectivity index (χ4v) is 1.58. The van der Waals surface area contributed by atoms with Crippen LogP contribution in [0.2, 0.25) is 0 Å². The summed E-state index contributed by atoms with van der Waals surface area (Å²) >= 11 is 8.00. The van der Waals surface area contributed by atoms with Gasteiger partial charge in [0.25, 0.3) is 0 Å². The Kier molecular flexibility index (Phi) is 5.11. The molecule has 3 heteroatoms. The molecule has 0 N–H and O–H groups in total. The molecule has 0 aliphatic heterocycles. The highest BCUT2D eigenvalue weighted by Gasteiger charge is 1.91. The average Bonchev–Trinajstić information content (AvgIpc) is 1.65. The third kappa shape index (κ3) is 4.94. The number of halogens is 2. The minimum Gasteiger partial charge on any atom is -0.0882 e. The van der Waals surface area contributed by atoms with Gasteiger partial charge in [-0.25, -0.2) is 0 Å². The van der Waals surface area contributed by atoms with E-state index in [1.807, 2.05) is 0 Å². The third-order valence-electron chi connectivity index (χ3n) is 0.404. The minimum absolute atomic E-state index is 0.822. The zero-order valence-corrected chi connectivity index (χ0v) is 8.27. The molecule has 0 bridgehead atoms. The zero-order valence-electron chi connectivity index (χ0n) is 4.29. The molecule has 46 valence electrons. The van der Waals surface area contributed by atoms with Gasteiger partial charge >= 0.3 is 0 Å². The van der Waals surface area contributed by atoms with Crippen LogP contribution in [0.4, 0.5) is 0 Å². The predicted octanol–water partition coefficient (Wildman–Crippen LogP) is 3.49. The standard InChI is InChI=1S/C5H6Br2S/c1-4(3-6)8-5(2)7/h1-3H2. The maximum absolute atomic E-state index is 3.74.